The van der Waals surface area contributed by atoms with E-state index in [-0.39, 0.29) is 31.0 Å². The van der Waals surface area contributed by atoms with Gasteiger partial charge in [0.15, 0.2) is 6.61 Å². The largest absolute Gasteiger partial charge is 0.484 e. The van der Waals surface area contributed by atoms with E-state index in [9.17, 15) is 9.59 Å². The number of likely N-dealkylation sites (N-methyl/N-ethyl adjacent to an activating group) is 1. The normalized spacial score (nSPS) is 12.9. The Morgan fingerprint density at radius 1 is 1.26 bits per heavy atom. The minimum Gasteiger partial charge on any atom is -0.484 e. The second-order valence-electron chi connectivity index (χ2n) is 6.20. The maximum atomic E-state index is 12.2. The molecule has 1 aliphatic carbocycles. The molecule has 0 radical (unpaired) electrons. The number of aryl methyl sites for hydroxylation is 2. The molecule has 23 heavy (non-hydrogen) atoms. The summed E-state index contributed by atoms with van der Waals surface area (Å²) < 4.78 is 5.62. The van der Waals surface area contributed by atoms with Crippen molar-refractivity contribution >= 4 is 11.8 Å². The van der Waals surface area contributed by atoms with Gasteiger partial charge >= 0.3 is 0 Å². The first-order chi connectivity index (χ1) is 11.0. The van der Waals surface area contributed by atoms with Crippen molar-refractivity contribution in [2.75, 3.05) is 19.7 Å². The van der Waals surface area contributed by atoms with Crippen molar-refractivity contribution in [3.8, 4) is 5.75 Å². The van der Waals surface area contributed by atoms with E-state index in [0.29, 0.717) is 6.54 Å². The molecule has 1 N–H and O–H groups in total. The molecule has 0 saturated heterocycles. The highest BCUT2D eigenvalue weighted by atomic mass is 16.5. The molecule has 1 aromatic carbocycles. The molecule has 0 bridgehead atoms. The van der Waals surface area contributed by atoms with Gasteiger partial charge in [0.2, 0.25) is 5.91 Å². The summed E-state index contributed by atoms with van der Waals surface area (Å²) >= 11 is 0. The Morgan fingerprint density at radius 3 is 2.70 bits per heavy atom. The van der Waals surface area contributed by atoms with E-state index in [4.69, 9.17) is 4.74 Å². The van der Waals surface area contributed by atoms with E-state index in [1.165, 1.54) is 22.4 Å². The number of fused-ring (bicyclic) bond motifs is 1. The fourth-order valence-electron chi connectivity index (χ4n) is 2.79. The average Bonchev–Trinajstić information content (AvgIpc) is 2.97. The van der Waals surface area contributed by atoms with Gasteiger partial charge in [-0.2, -0.15) is 0 Å². The minimum absolute atomic E-state index is 0.0401. The molecule has 0 heterocycles. The van der Waals surface area contributed by atoms with Crippen LogP contribution in [0.25, 0.3) is 0 Å². The summed E-state index contributed by atoms with van der Waals surface area (Å²) in [4.78, 5) is 25.5. The molecule has 0 aliphatic heterocycles. The molecule has 0 atom stereocenters. The van der Waals surface area contributed by atoms with Gasteiger partial charge in [0.05, 0.1) is 6.54 Å². The van der Waals surface area contributed by atoms with Crippen LogP contribution in [-0.4, -0.2) is 42.5 Å². The van der Waals surface area contributed by atoms with Gasteiger partial charge in [0.25, 0.3) is 5.91 Å². The molecule has 5 nitrogen and oxygen atoms in total. The molecule has 0 unspecified atom stereocenters. The van der Waals surface area contributed by atoms with Crippen molar-refractivity contribution in [1.29, 1.82) is 0 Å². The number of carbonyl (C=O) groups is 2. The Morgan fingerprint density at radius 2 is 2.00 bits per heavy atom. The van der Waals surface area contributed by atoms with Crippen LogP contribution in [-0.2, 0) is 22.4 Å². The van der Waals surface area contributed by atoms with Crippen LogP contribution < -0.4 is 10.1 Å². The zero-order chi connectivity index (χ0) is 16.8. The first-order valence-electron chi connectivity index (χ1n) is 8.31. The van der Waals surface area contributed by atoms with E-state index in [1.54, 1.807) is 0 Å². The van der Waals surface area contributed by atoms with E-state index >= 15 is 0 Å². The second kappa shape index (κ2) is 7.99. The van der Waals surface area contributed by atoms with Crippen LogP contribution in [0.5, 0.6) is 5.75 Å². The first-order valence-corrected chi connectivity index (χ1v) is 8.31. The molecule has 2 rings (SSSR count). The van der Waals surface area contributed by atoms with Crippen LogP contribution in [0.15, 0.2) is 18.2 Å². The van der Waals surface area contributed by atoms with Crippen molar-refractivity contribution in [2.24, 2.45) is 0 Å². The second-order valence-corrected chi connectivity index (χ2v) is 6.20. The molecule has 1 aliphatic rings. The Labute approximate surface area is 138 Å². The van der Waals surface area contributed by atoms with Gasteiger partial charge in [0, 0.05) is 12.6 Å². The number of hydrogen-bond donors (Lipinski definition) is 1. The summed E-state index contributed by atoms with van der Waals surface area (Å²) in [7, 11) is 0. The minimum atomic E-state index is -0.174. The monoisotopic (exact) mass is 318 g/mol. The van der Waals surface area contributed by atoms with E-state index in [1.807, 2.05) is 32.9 Å². The zero-order valence-electron chi connectivity index (χ0n) is 14.2. The molecule has 126 valence electrons. The summed E-state index contributed by atoms with van der Waals surface area (Å²) in [5.74, 6) is 0.404. The Hall–Kier alpha value is -2.04. The van der Waals surface area contributed by atoms with Gasteiger partial charge in [-0.25, -0.2) is 0 Å². The van der Waals surface area contributed by atoms with E-state index in [0.717, 1.165) is 18.6 Å². The van der Waals surface area contributed by atoms with Gasteiger partial charge < -0.3 is 15.0 Å². The van der Waals surface area contributed by atoms with E-state index < -0.39 is 0 Å². The summed E-state index contributed by atoms with van der Waals surface area (Å²) in [6, 6.07) is 6.09. The number of benzene rings is 1. The van der Waals surface area contributed by atoms with Crippen LogP contribution in [0.4, 0.5) is 0 Å². The number of hydrogen-bond acceptors (Lipinski definition) is 3. The summed E-state index contributed by atoms with van der Waals surface area (Å²) in [5.41, 5.74) is 2.70. The lowest BCUT2D eigenvalue weighted by Gasteiger charge is -2.21. The number of carbonyl (C=O) groups excluding carboxylic acids is 2. The molecular weight excluding hydrogens is 292 g/mol. The molecule has 2 amide bonds. The Balaban J connectivity index is 1.86. The maximum absolute atomic E-state index is 12.2. The third-order valence-corrected chi connectivity index (χ3v) is 3.95. The predicted octanol–water partition coefficient (Wildman–Crippen LogP) is 1.93. The van der Waals surface area contributed by atoms with E-state index in [2.05, 4.69) is 11.4 Å². The molecular formula is C18H26N2O3. The van der Waals surface area contributed by atoms with Crippen LogP contribution in [0.1, 0.15) is 38.3 Å². The fraction of sp³-hybridized carbons (Fsp3) is 0.556. The van der Waals surface area contributed by atoms with Gasteiger partial charge in [0.1, 0.15) is 5.75 Å². The molecule has 5 heteroatoms. The number of rotatable bonds is 7. The van der Waals surface area contributed by atoms with Gasteiger partial charge in [-0.3, -0.25) is 9.59 Å². The molecule has 1 aromatic rings. The van der Waals surface area contributed by atoms with Crippen molar-refractivity contribution in [3.05, 3.63) is 29.3 Å². The third kappa shape index (κ3) is 4.98. The number of nitrogens with zero attached hydrogens (tertiary/aromatic N) is 1. The third-order valence-electron chi connectivity index (χ3n) is 3.95. The number of ether oxygens (including phenoxy) is 1. The van der Waals surface area contributed by atoms with Crippen LogP contribution >= 0.6 is 0 Å². The molecule has 0 saturated carbocycles. The maximum Gasteiger partial charge on any atom is 0.260 e. The summed E-state index contributed by atoms with van der Waals surface area (Å²) in [6.07, 6.45) is 3.40. The predicted molar refractivity (Wildman–Crippen MR) is 89.5 cm³/mol. The number of amides is 2. The summed E-state index contributed by atoms with van der Waals surface area (Å²) in [6.45, 7) is 6.16. The highest BCUT2D eigenvalue weighted by Crippen LogP contribution is 2.25. The topological polar surface area (TPSA) is 58.6 Å². The van der Waals surface area contributed by atoms with Crippen molar-refractivity contribution in [3.63, 3.8) is 0 Å². The average molecular weight is 318 g/mol. The van der Waals surface area contributed by atoms with Gasteiger partial charge in [-0.1, -0.05) is 6.07 Å². The van der Waals surface area contributed by atoms with Crippen molar-refractivity contribution in [2.45, 2.75) is 46.1 Å². The van der Waals surface area contributed by atoms with Gasteiger partial charge in [-0.05, 0) is 63.3 Å². The standard InChI is InChI=1S/C18H26N2O3/c1-4-20(11-17(21)19-13(2)3)18(22)12-23-16-9-8-14-6-5-7-15(14)10-16/h8-10,13H,4-7,11-12H2,1-3H3,(H,19,21). The molecule has 0 aromatic heterocycles. The quantitative estimate of drug-likeness (QED) is 0.836. The molecule has 0 spiro atoms. The van der Waals surface area contributed by atoms with Crippen LogP contribution in [0.3, 0.4) is 0 Å². The lowest BCUT2D eigenvalue weighted by Crippen LogP contribution is -2.44. The lowest BCUT2D eigenvalue weighted by molar-refractivity contribution is -0.137. The summed E-state index contributed by atoms with van der Waals surface area (Å²) in [5, 5.41) is 2.79. The number of nitrogens with one attached hydrogen (secondary N) is 1. The zero-order valence-corrected chi connectivity index (χ0v) is 14.2. The van der Waals surface area contributed by atoms with Crippen molar-refractivity contribution in [1.82, 2.24) is 10.2 Å². The van der Waals surface area contributed by atoms with Crippen LogP contribution in [0, 0.1) is 0 Å². The van der Waals surface area contributed by atoms with Crippen LogP contribution in [0.2, 0.25) is 0 Å². The fourth-order valence-corrected chi connectivity index (χ4v) is 2.79. The van der Waals surface area contributed by atoms with Crippen molar-refractivity contribution < 1.29 is 14.3 Å². The highest BCUT2D eigenvalue weighted by molar-refractivity contribution is 5.85. The Kier molecular flexibility index (Phi) is 6.02. The highest BCUT2D eigenvalue weighted by Gasteiger charge is 2.17. The smallest absolute Gasteiger partial charge is 0.260 e. The Bertz CT molecular complexity index is 569. The first kappa shape index (κ1) is 17.3. The van der Waals surface area contributed by atoms with Gasteiger partial charge in [-0.15, -0.1) is 0 Å². The SMILES string of the molecule is CCN(CC(=O)NC(C)C)C(=O)COc1ccc2c(c1)CCC2. The molecule has 0 fully saturated rings. The lowest BCUT2D eigenvalue weighted by atomic mass is 10.1.